The Morgan fingerprint density at radius 3 is 3.10 bits per heavy atom. The minimum Gasteiger partial charge on any atom is -0.430 e. The van der Waals surface area contributed by atoms with Gasteiger partial charge in [0.2, 0.25) is 0 Å². The van der Waals surface area contributed by atoms with E-state index in [1.54, 1.807) is 22.9 Å². The zero-order chi connectivity index (χ0) is 14.1. The van der Waals surface area contributed by atoms with E-state index in [2.05, 4.69) is 15.1 Å². The van der Waals surface area contributed by atoms with Gasteiger partial charge >= 0.3 is 0 Å². The van der Waals surface area contributed by atoms with Gasteiger partial charge in [0.25, 0.3) is 5.22 Å². The van der Waals surface area contributed by atoms with Crippen molar-refractivity contribution in [3.63, 3.8) is 0 Å². The molecular weight excluding hydrogens is 278 g/mol. The fourth-order valence-electron chi connectivity index (χ4n) is 1.86. The molecule has 0 saturated heterocycles. The summed E-state index contributed by atoms with van der Waals surface area (Å²) in [6.07, 6.45) is 1.45. The Kier molecular flexibility index (Phi) is 3.23. The smallest absolute Gasteiger partial charge is 0.288 e. The summed E-state index contributed by atoms with van der Waals surface area (Å²) in [7, 11) is -1.41. The zero-order valence-corrected chi connectivity index (χ0v) is 11.6. The van der Waals surface area contributed by atoms with Crippen LogP contribution in [0.25, 0.3) is 11.1 Å². The number of nitrogens with zero attached hydrogens (tertiary/aromatic N) is 4. The topological polar surface area (TPSA) is 99.8 Å². The lowest BCUT2D eigenvalue weighted by molar-refractivity contribution is 0.477. The second kappa shape index (κ2) is 5.04. The maximum atomic E-state index is 12.3. The standard InChI is InChI=1S/C12H13N5O2S/c1-2-17-11(14-7-15-17)6-20(18)12-16-9-5-8(13)3-4-10(9)19-12/h3-5,7H,2,6,13H2,1H3. The summed E-state index contributed by atoms with van der Waals surface area (Å²) < 4.78 is 19.5. The largest absolute Gasteiger partial charge is 0.430 e. The molecule has 1 atom stereocenters. The quantitative estimate of drug-likeness (QED) is 0.728. The summed E-state index contributed by atoms with van der Waals surface area (Å²) >= 11 is 0. The average molecular weight is 291 g/mol. The highest BCUT2D eigenvalue weighted by Crippen LogP contribution is 2.21. The number of hydrogen-bond donors (Lipinski definition) is 1. The Morgan fingerprint density at radius 2 is 2.30 bits per heavy atom. The molecule has 3 rings (SSSR count). The van der Waals surface area contributed by atoms with Gasteiger partial charge in [0.05, 0.1) is 5.75 Å². The highest BCUT2D eigenvalue weighted by Gasteiger charge is 2.16. The second-order valence-electron chi connectivity index (χ2n) is 4.19. The number of anilines is 1. The van der Waals surface area contributed by atoms with Gasteiger partial charge in [-0.25, -0.2) is 18.9 Å². The fourth-order valence-corrected chi connectivity index (χ4v) is 2.83. The van der Waals surface area contributed by atoms with Crippen molar-refractivity contribution in [2.75, 3.05) is 5.73 Å². The van der Waals surface area contributed by atoms with Crippen LogP contribution in [0.1, 0.15) is 12.7 Å². The molecule has 0 saturated carbocycles. The molecule has 0 fully saturated rings. The van der Waals surface area contributed by atoms with Crippen LogP contribution < -0.4 is 5.73 Å². The van der Waals surface area contributed by atoms with Crippen molar-refractivity contribution in [1.82, 2.24) is 19.7 Å². The molecule has 8 heteroatoms. The molecule has 2 aromatic heterocycles. The molecule has 3 aromatic rings. The predicted molar refractivity (Wildman–Crippen MR) is 74.2 cm³/mol. The van der Waals surface area contributed by atoms with Crippen LogP contribution in [0.3, 0.4) is 0 Å². The van der Waals surface area contributed by atoms with Crippen LogP contribution in [0.15, 0.2) is 34.2 Å². The predicted octanol–water partition coefficient (Wildman–Crippen LogP) is 1.33. The minimum atomic E-state index is -1.41. The van der Waals surface area contributed by atoms with Gasteiger partial charge in [-0.1, -0.05) is 0 Å². The van der Waals surface area contributed by atoms with Gasteiger partial charge in [-0.05, 0) is 25.1 Å². The van der Waals surface area contributed by atoms with Gasteiger partial charge in [-0.15, -0.1) is 0 Å². The Hall–Kier alpha value is -2.22. The third-order valence-electron chi connectivity index (χ3n) is 2.84. The number of fused-ring (bicyclic) bond motifs is 1. The monoisotopic (exact) mass is 291 g/mol. The number of aromatic nitrogens is 4. The van der Waals surface area contributed by atoms with Gasteiger partial charge in [-0.3, -0.25) is 0 Å². The molecule has 1 unspecified atom stereocenters. The normalized spacial score (nSPS) is 12.8. The maximum Gasteiger partial charge on any atom is 0.288 e. The molecule has 0 amide bonds. The maximum absolute atomic E-state index is 12.3. The van der Waals surface area contributed by atoms with E-state index in [0.717, 1.165) is 0 Å². The highest BCUT2D eigenvalue weighted by atomic mass is 32.2. The molecule has 20 heavy (non-hydrogen) atoms. The number of benzene rings is 1. The van der Waals surface area contributed by atoms with Gasteiger partial charge in [0.15, 0.2) is 5.58 Å². The van der Waals surface area contributed by atoms with Crippen LogP contribution in [0, 0.1) is 0 Å². The Bertz CT molecular complexity index is 779. The lowest BCUT2D eigenvalue weighted by atomic mass is 10.3. The first-order chi connectivity index (χ1) is 9.67. The fraction of sp³-hybridized carbons (Fsp3) is 0.250. The van der Waals surface area contributed by atoms with Crippen molar-refractivity contribution in [3.05, 3.63) is 30.4 Å². The number of hydrogen-bond acceptors (Lipinski definition) is 6. The van der Waals surface area contributed by atoms with E-state index in [9.17, 15) is 4.21 Å². The first-order valence-corrected chi connectivity index (χ1v) is 7.40. The Labute approximate surface area is 117 Å². The highest BCUT2D eigenvalue weighted by molar-refractivity contribution is 7.84. The lowest BCUT2D eigenvalue weighted by Crippen LogP contribution is -2.07. The Morgan fingerprint density at radius 1 is 1.45 bits per heavy atom. The minimum absolute atomic E-state index is 0.177. The number of nitrogen functional groups attached to an aromatic ring is 1. The van der Waals surface area contributed by atoms with Crippen LogP contribution in [-0.2, 0) is 23.1 Å². The van der Waals surface area contributed by atoms with Crippen molar-refractivity contribution >= 4 is 27.6 Å². The molecule has 0 aliphatic carbocycles. The summed E-state index contributed by atoms with van der Waals surface area (Å²) in [5.41, 5.74) is 7.44. The molecular formula is C12H13N5O2S. The van der Waals surface area contributed by atoms with Crippen molar-refractivity contribution < 1.29 is 8.63 Å². The second-order valence-corrected chi connectivity index (χ2v) is 5.52. The molecule has 104 valence electrons. The summed E-state index contributed by atoms with van der Waals surface area (Å²) in [5, 5.41) is 4.22. The van der Waals surface area contributed by atoms with E-state index in [4.69, 9.17) is 10.2 Å². The summed E-state index contributed by atoms with van der Waals surface area (Å²) in [6.45, 7) is 2.62. The molecule has 0 aliphatic heterocycles. The molecule has 0 spiro atoms. The van der Waals surface area contributed by atoms with E-state index in [1.165, 1.54) is 6.33 Å². The average Bonchev–Trinajstić information content (AvgIpc) is 3.04. The van der Waals surface area contributed by atoms with Gasteiger partial charge in [-0.2, -0.15) is 5.10 Å². The first-order valence-electron chi connectivity index (χ1n) is 6.08. The third-order valence-corrected chi connectivity index (χ3v) is 3.93. The van der Waals surface area contributed by atoms with E-state index in [-0.39, 0.29) is 11.0 Å². The van der Waals surface area contributed by atoms with Crippen molar-refractivity contribution in [1.29, 1.82) is 0 Å². The summed E-state index contributed by atoms with van der Waals surface area (Å²) in [5.74, 6) is 0.864. The van der Waals surface area contributed by atoms with Crippen molar-refractivity contribution in [3.8, 4) is 0 Å². The zero-order valence-electron chi connectivity index (χ0n) is 10.8. The molecule has 0 aliphatic rings. The first kappa shape index (κ1) is 12.8. The SMILES string of the molecule is CCn1ncnc1CS(=O)c1nc2cc(N)ccc2o1. The lowest BCUT2D eigenvalue weighted by Gasteiger charge is -2.00. The van der Waals surface area contributed by atoms with E-state index in [0.29, 0.717) is 29.2 Å². The van der Waals surface area contributed by atoms with Gasteiger partial charge in [0, 0.05) is 12.2 Å². The van der Waals surface area contributed by atoms with Gasteiger partial charge in [0.1, 0.15) is 28.5 Å². The molecule has 1 aromatic carbocycles. The van der Waals surface area contributed by atoms with Crippen LogP contribution >= 0.6 is 0 Å². The number of aryl methyl sites for hydroxylation is 1. The molecule has 7 nitrogen and oxygen atoms in total. The third kappa shape index (κ3) is 2.29. The molecule has 2 heterocycles. The number of nitrogens with two attached hydrogens (primary N) is 1. The molecule has 0 radical (unpaired) electrons. The van der Waals surface area contributed by atoms with E-state index >= 15 is 0 Å². The summed E-state index contributed by atoms with van der Waals surface area (Å²) in [6, 6.07) is 5.12. The van der Waals surface area contributed by atoms with Crippen LogP contribution in [0.4, 0.5) is 5.69 Å². The van der Waals surface area contributed by atoms with E-state index in [1.807, 2.05) is 6.92 Å². The molecule has 0 bridgehead atoms. The van der Waals surface area contributed by atoms with Gasteiger partial charge < -0.3 is 10.2 Å². The van der Waals surface area contributed by atoms with Crippen LogP contribution in [-0.4, -0.2) is 24.0 Å². The number of rotatable bonds is 4. The van der Waals surface area contributed by atoms with Crippen molar-refractivity contribution in [2.24, 2.45) is 0 Å². The number of oxazole rings is 1. The van der Waals surface area contributed by atoms with E-state index < -0.39 is 10.8 Å². The van der Waals surface area contributed by atoms with Crippen molar-refractivity contribution in [2.45, 2.75) is 24.4 Å². The molecule has 2 N–H and O–H groups in total. The van der Waals surface area contributed by atoms with Crippen LogP contribution in [0.5, 0.6) is 0 Å². The Balaban J connectivity index is 1.89. The summed E-state index contributed by atoms with van der Waals surface area (Å²) in [4.78, 5) is 8.30. The van der Waals surface area contributed by atoms with Crippen LogP contribution in [0.2, 0.25) is 0 Å².